The van der Waals surface area contributed by atoms with Crippen molar-refractivity contribution in [1.29, 1.82) is 0 Å². The van der Waals surface area contributed by atoms with E-state index in [0.717, 1.165) is 31.8 Å². The Labute approximate surface area is 104 Å². The quantitative estimate of drug-likeness (QED) is 0.804. The fraction of sp³-hybridized carbons (Fsp3) is 0.583. The van der Waals surface area contributed by atoms with E-state index in [9.17, 15) is 4.79 Å². The van der Waals surface area contributed by atoms with Gasteiger partial charge in [0.15, 0.2) is 0 Å². The summed E-state index contributed by atoms with van der Waals surface area (Å²) in [6.45, 7) is 5.85. The Kier molecular flexibility index (Phi) is 2.48. The van der Waals surface area contributed by atoms with Gasteiger partial charge in [-0.2, -0.15) is 9.50 Å². The molecule has 3 rings (SSSR count). The second-order valence-corrected chi connectivity index (χ2v) is 5.00. The van der Waals surface area contributed by atoms with E-state index >= 15 is 0 Å². The predicted molar refractivity (Wildman–Crippen MR) is 67.8 cm³/mol. The van der Waals surface area contributed by atoms with Gasteiger partial charge in [-0.15, -0.1) is 0 Å². The number of hydrogen-bond acceptors (Lipinski definition) is 4. The molecule has 96 valence electrons. The summed E-state index contributed by atoms with van der Waals surface area (Å²) in [5.74, 6) is 1.33. The fourth-order valence-corrected chi connectivity index (χ4v) is 2.65. The number of nitrogens with zero attached hydrogens (tertiary/aromatic N) is 3. The summed E-state index contributed by atoms with van der Waals surface area (Å²) >= 11 is 0. The van der Waals surface area contributed by atoms with E-state index in [2.05, 4.69) is 27.3 Å². The molecule has 18 heavy (non-hydrogen) atoms. The molecule has 6 heteroatoms. The highest BCUT2D eigenvalue weighted by atomic mass is 16.1. The Bertz CT molecular complexity index is 635. The molecule has 0 bridgehead atoms. The minimum absolute atomic E-state index is 0.00798. The van der Waals surface area contributed by atoms with Crippen molar-refractivity contribution in [3.05, 3.63) is 27.9 Å². The van der Waals surface area contributed by atoms with Crippen molar-refractivity contribution in [2.24, 2.45) is 0 Å². The normalized spacial score (nSPS) is 23.9. The molecule has 0 aromatic carbocycles. The van der Waals surface area contributed by atoms with Crippen LogP contribution in [0.25, 0.3) is 5.78 Å². The van der Waals surface area contributed by atoms with Crippen LogP contribution in [0.1, 0.15) is 31.3 Å². The molecule has 0 saturated carbocycles. The summed E-state index contributed by atoms with van der Waals surface area (Å²) < 4.78 is 1.43. The maximum atomic E-state index is 11.9. The molecule has 6 nitrogen and oxygen atoms in total. The first-order chi connectivity index (χ1) is 8.64. The lowest BCUT2D eigenvalue weighted by Crippen LogP contribution is -2.29. The number of aromatic amines is 1. The molecule has 2 N–H and O–H groups in total. The largest absolute Gasteiger partial charge is 0.316 e. The smallest absolute Gasteiger partial charge is 0.274 e. The molecule has 3 heterocycles. The van der Waals surface area contributed by atoms with Crippen molar-refractivity contribution in [3.8, 4) is 0 Å². The highest BCUT2D eigenvalue weighted by Crippen LogP contribution is 2.31. The van der Waals surface area contributed by atoms with Crippen molar-refractivity contribution in [1.82, 2.24) is 24.9 Å². The van der Waals surface area contributed by atoms with Crippen LogP contribution in [0.4, 0.5) is 0 Å². The summed E-state index contributed by atoms with van der Waals surface area (Å²) in [6, 6.07) is 1.51. The third-order valence-electron chi connectivity index (χ3n) is 3.88. The average Bonchev–Trinajstić information content (AvgIpc) is 2.94. The topological polar surface area (TPSA) is 75.1 Å². The Balaban J connectivity index is 2.19. The summed E-state index contributed by atoms with van der Waals surface area (Å²) in [5.41, 5.74) is 0.607. The second kappa shape index (κ2) is 3.91. The van der Waals surface area contributed by atoms with Gasteiger partial charge in [0.05, 0.1) is 0 Å². The van der Waals surface area contributed by atoms with Gasteiger partial charge in [-0.3, -0.25) is 9.89 Å². The maximum absolute atomic E-state index is 11.9. The van der Waals surface area contributed by atoms with Crippen LogP contribution in [0.15, 0.2) is 10.9 Å². The lowest BCUT2D eigenvalue weighted by molar-refractivity contribution is 0.425. The van der Waals surface area contributed by atoms with Crippen molar-refractivity contribution in [2.75, 3.05) is 13.1 Å². The monoisotopic (exact) mass is 247 g/mol. The van der Waals surface area contributed by atoms with Gasteiger partial charge in [0.1, 0.15) is 5.82 Å². The molecule has 1 unspecified atom stereocenters. The zero-order valence-electron chi connectivity index (χ0n) is 10.7. The van der Waals surface area contributed by atoms with Crippen LogP contribution < -0.4 is 10.9 Å². The van der Waals surface area contributed by atoms with Crippen LogP contribution in [-0.4, -0.2) is 32.7 Å². The first-order valence-corrected chi connectivity index (χ1v) is 6.32. The van der Waals surface area contributed by atoms with E-state index in [1.807, 2.05) is 6.92 Å². The summed E-state index contributed by atoms with van der Waals surface area (Å²) in [5, 5.41) is 6.48. The molecule has 0 aliphatic carbocycles. The third-order valence-corrected chi connectivity index (χ3v) is 3.88. The van der Waals surface area contributed by atoms with Crippen LogP contribution >= 0.6 is 0 Å². The lowest BCUT2D eigenvalue weighted by Gasteiger charge is -2.22. The predicted octanol–water partition coefficient (Wildman–Crippen LogP) is 0.367. The van der Waals surface area contributed by atoms with E-state index in [4.69, 9.17) is 0 Å². The van der Waals surface area contributed by atoms with E-state index in [0.29, 0.717) is 11.5 Å². The maximum Gasteiger partial charge on any atom is 0.274 e. The van der Waals surface area contributed by atoms with Crippen molar-refractivity contribution in [2.45, 2.75) is 32.1 Å². The molecule has 0 radical (unpaired) electrons. The van der Waals surface area contributed by atoms with Crippen LogP contribution in [0.3, 0.4) is 0 Å². The van der Waals surface area contributed by atoms with Gasteiger partial charge in [0.25, 0.3) is 11.3 Å². The highest BCUT2D eigenvalue weighted by Gasteiger charge is 2.37. The minimum Gasteiger partial charge on any atom is -0.316 e. The summed E-state index contributed by atoms with van der Waals surface area (Å²) in [4.78, 5) is 20.7. The first kappa shape index (κ1) is 11.4. The van der Waals surface area contributed by atoms with Gasteiger partial charge < -0.3 is 5.32 Å². The average molecular weight is 247 g/mol. The number of rotatable bonds is 2. The van der Waals surface area contributed by atoms with Gasteiger partial charge in [-0.1, -0.05) is 6.92 Å². The number of hydrogen-bond donors (Lipinski definition) is 2. The zero-order chi connectivity index (χ0) is 12.8. The molecular formula is C12H17N5O. The molecule has 1 aliphatic rings. The molecule has 2 aromatic heterocycles. The molecule has 0 spiro atoms. The van der Waals surface area contributed by atoms with Gasteiger partial charge in [-0.25, -0.2) is 4.98 Å². The van der Waals surface area contributed by atoms with Gasteiger partial charge in [0, 0.05) is 23.7 Å². The zero-order valence-corrected chi connectivity index (χ0v) is 10.7. The molecule has 1 atom stereocenters. The van der Waals surface area contributed by atoms with Crippen molar-refractivity contribution < 1.29 is 0 Å². The summed E-state index contributed by atoms with van der Waals surface area (Å²) in [6.07, 6.45) is 2.03. The Hall–Kier alpha value is -1.69. The number of nitrogens with one attached hydrogen (secondary N) is 2. The molecule has 1 fully saturated rings. The van der Waals surface area contributed by atoms with Crippen LogP contribution in [0.2, 0.25) is 0 Å². The molecule has 1 aliphatic heterocycles. The number of fused-ring (bicyclic) bond motifs is 1. The number of aryl methyl sites for hydroxylation is 1. The first-order valence-electron chi connectivity index (χ1n) is 6.32. The van der Waals surface area contributed by atoms with Crippen LogP contribution in [-0.2, 0) is 5.41 Å². The van der Waals surface area contributed by atoms with E-state index in [1.54, 1.807) is 0 Å². The minimum atomic E-state index is -0.103. The molecule has 0 amide bonds. The van der Waals surface area contributed by atoms with Crippen molar-refractivity contribution >= 4 is 5.78 Å². The van der Waals surface area contributed by atoms with E-state index in [1.165, 1.54) is 10.6 Å². The SMILES string of the molecule is CCC1(c2nc3nc(C)cc(=O)n3[nH]2)CCNC1. The number of H-pyrrole nitrogens is 1. The standard InChI is InChI=1S/C12H17N5O/c1-3-12(4-5-13-7-12)10-15-11-14-8(2)6-9(18)17(11)16-10/h6,13H,3-5,7H2,1-2H3,(H,14,15,16). The lowest BCUT2D eigenvalue weighted by atomic mass is 9.83. The Morgan fingerprint density at radius 3 is 3.00 bits per heavy atom. The van der Waals surface area contributed by atoms with Gasteiger partial charge in [-0.05, 0) is 26.3 Å². The molecular weight excluding hydrogens is 230 g/mol. The molecule has 1 saturated heterocycles. The Morgan fingerprint density at radius 2 is 2.33 bits per heavy atom. The van der Waals surface area contributed by atoms with E-state index < -0.39 is 0 Å². The van der Waals surface area contributed by atoms with Crippen LogP contribution in [0, 0.1) is 6.92 Å². The van der Waals surface area contributed by atoms with Crippen LogP contribution in [0.5, 0.6) is 0 Å². The molecule has 2 aromatic rings. The Morgan fingerprint density at radius 1 is 1.50 bits per heavy atom. The van der Waals surface area contributed by atoms with Gasteiger partial charge >= 0.3 is 0 Å². The number of aromatic nitrogens is 4. The van der Waals surface area contributed by atoms with E-state index in [-0.39, 0.29) is 11.0 Å². The summed E-state index contributed by atoms with van der Waals surface area (Å²) in [7, 11) is 0. The fourth-order valence-electron chi connectivity index (χ4n) is 2.65. The second-order valence-electron chi connectivity index (χ2n) is 5.00. The van der Waals surface area contributed by atoms with Crippen molar-refractivity contribution in [3.63, 3.8) is 0 Å². The van der Waals surface area contributed by atoms with Gasteiger partial charge in [0.2, 0.25) is 0 Å². The highest BCUT2D eigenvalue weighted by molar-refractivity contribution is 5.30. The third kappa shape index (κ3) is 1.56.